The molecule has 1 fully saturated rings. The molecule has 0 radical (unpaired) electrons. The molecule has 0 bridgehead atoms. The number of amides is 1. The maximum absolute atomic E-state index is 12.2. The van der Waals surface area contributed by atoms with Gasteiger partial charge in [0.1, 0.15) is 17.5 Å². The molecule has 0 unspecified atom stereocenters. The summed E-state index contributed by atoms with van der Waals surface area (Å²) in [5.41, 5.74) is 0.677. The highest BCUT2D eigenvalue weighted by Gasteiger charge is 2.29. The fraction of sp³-hybridized carbons (Fsp3) is 0.400. The van der Waals surface area contributed by atoms with Gasteiger partial charge in [-0.15, -0.1) is 0 Å². The molecule has 0 aromatic carbocycles. The molecule has 23 heavy (non-hydrogen) atoms. The number of rotatable bonds is 4. The van der Waals surface area contributed by atoms with E-state index in [0.717, 1.165) is 5.69 Å². The average Bonchev–Trinajstić information content (AvgIpc) is 2.98. The number of hydrogen-bond donors (Lipinski definition) is 3. The smallest absolute Gasteiger partial charge is 0.323 e. The number of H-pyrrole nitrogens is 2. The molecule has 8 nitrogen and oxygen atoms in total. The van der Waals surface area contributed by atoms with Crippen LogP contribution >= 0.6 is 0 Å². The molecule has 1 saturated heterocycles. The second-order valence-corrected chi connectivity index (χ2v) is 5.39. The third-order valence-electron chi connectivity index (χ3n) is 3.63. The number of hydrogen-bond acceptors (Lipinski definition) is 5. The second kappa shape index (κ2) is 6.66. The van der Waals surface area contributed by atoms with E-state index in [4.69, 9.17) is 9.47 Å². The summed E-state index contributed by atoms with van der Waals surface area (Å²) in [4.78, 5) is 32.3. The fourth-order valence-electron chi connectivity index (χ4n) is 2.39. The van der Waals surface area contributed by atoms with Crippen LogP contribution in [0.2, 0.25) is 0 Å². The van der Waals surface area contributed by atoms with Crippen LogP contribution in [0.5, 0.6) is 5.75 Å². The molecule has 1 aliphatic heterocycles. The van der Waals surface area contributed by atoms with Crippen LogP contribution in [-0.4, -0.2) is 46.2 Å². The Labute approximate surface area is 132 Å². The van der Waals surface area contributed by atoms with Crippen LogP contribution < -0.4 is 15.7 Å². The molecule has 0 saturated carbocycles. The standard InChI is InChI=1S/C15H18N4O4/c1-9-2-3-10(6-16-9)23-13-8-22-5-4-11(13)18-14(20)12-7-17-15(21)19-12/h2-3,6-7,11,13H,4-5,8H2,1H3,(H,18,20)(H2,17,19,21)/t11-,13+/m0/s1. The van der Waals surface area contributed by atoms with Gasteiger partial charge < -0.3 is 24.8 Å². The molecule has 1 aliphatic rings. The molecule has 2 atom stereocenters. The lowest BCUT2D eigenvalue weighted by molar-refractivity contribution is -0.0136. The Morgan fingerprint density at radius 2 is 2.35 bits per heavy atom. The zero-order valence-electron chi connectivity index (χ0n) is 12.7. The highest BCUT2D eigenvalue weighted by atomic mass is 16.5. The van der Waals surface area contributed by atoms with Gasteiger partial charge in [0.15, 0.2) is 0 Å². The van der Waals surface area contributed by atoms with E-state index < -0.39 is 5.69 Å². The summed E-state index contributed by atoms with van der Waals surface area (Å²) in [7, 11) is 0. The van der Waals surface area contributed by atoms with Crippen molar-refractivity contribution in [1.82, 2.24) is 20.3 Å². The molecule has 3 rings (SSSR count). The number of ether oxygens (including phenoxy) is 2. The largest absolute Gasteiger partial charge is 0.484 e. The Balaban J connectivity index is 1.67. The van der Waals surface area contributed by atoms with E-state index in [-0.39, 0.29) is 23.7 Å². The van der Waals surface area contributed by atoms with E-state index in [1.54, 1.807) is 6.20 Å². The molecule has 8 heteroatoms. The third kappa shape index (κ3) is 3.78. The van der Waals surface area contributed by atoms with Crippen LogP contribution in [0.25, 0.3) is 0 Å². The number of aromatic amines is 2. The minimum Gasteiger partial charge on any atom is -0.484 e. The number of carbonyl (C=O) groups is 1. The quantitative estimate of drug-likeness (QED) is 0.755. The van der Waals surface area contributed by atoms with Gasteiger partial charge in [0.05, 0.1) is 18.8 Å². The number of imidazole rings is 1. The van der Waals surface area contributed by atoms with E-state index in [9.17, 15) is 9.59 Å². The monoisotopic (exact) mass is 318 g/mol. The van der Waals surface area contributed by atoms with Crippen molar-refractivity contribution in [2.75, 3.05) is 13.2 Å². The first-order valence-corrected chi connectivity index (χ1v) is 7.37. The highest BCUT2D eigenvalue weighted by molar-refractivity contribution is 5.92. The number of nitrogens with one attached hydrogen (secondary N) is 3. The summed E-state index contributed by atoms with van der Waals surface area (Å²) in [6, 6.07) is 3.48. The summed E-state index contributed by atoms with van der Waals surface area (Å²) in [6.07, 6.45) is 3.30. The number of pyridine rings is 1. The SMILES string of the molecule is Cc1ccc(O[C@@H]2COCC[C@@H]2NC(=O)c2c[nH]c(=O)[nH]2)cn1. The molecule has 3 N–H and O–H groups in total. The van der Waals surface area contributed by atoms with Crippen molar-refractivity contribution in [2.24, 2.45) is 0 Å². The molecule has 1 amide bonds. The third-order valence-corrected chi connectivity index (χ3v) is 3.63. The summed E-state index contributed by atoms with van der Waals surface area (Å²) in [5, 5.41) is 2.88. The first kappa shape index (κ1) is 15.3. The van der Waals surface area contributed by atoms with Crippen LogP contribution in [0.3, 0.4) is 0 Å². The van der Waals surface area contributed by atoms with E-state index >= 15 is 0 Å². The van der Waals surface area contributed by atoms with Gasteiger partial charge in [-0.3, -0.25) is 9.78 Å². The predicted molar refractivity (Wildman–Crippen MR) is 81.5 cm³/mol. The van der Waals surface area contributed by atoms with Gasteiger partial charge in [0, 0.05) is 18.5 Å². The predicted octanol–water partition coefficient (Wildman–Crippen LogP) is 0.373. The number of carbonyl (C=O) groups excluding carboxylic acids is 1. The minimum absolute atomic E-state index is 0.192. The van der Waals surface area contributed by atoms with E-state index in [0.29, 0.717) is 25.4 Å². The van der Waals surface area contributed by atoms with Crippen molar-refractivity contribution in [1.29, 1.82) is 0 Å². The van der Waals surface area contributed by atoms with Gasteiger partial charge in [0.25, 0.3) is 5.91 Å². The maximum atomic E-state index is 12.2. The summed E-state index contributed by atoms with van der Waals surface area (Å²) < 4.78 is 11.3. The van der Waals surface area contributed by atoms with Crippen LogP contribution in [-0.2, 0) is 4.74 Å². The van der Waals surface area contributed by atoms with Crippen molar-refractivity contribution in [3.8, 4) is 5.75 Å². The van der Waals surface area contributed by atoms with Gasteiger partial charge in [-0.2, -0.15) is 0 Å². The van der Waals surface area contributed by atoms with E-state index in [1.807, 2.05) is 19.1 Å². The number of nitrogens with zero attached hydrogens (tertiary/aromatic N) is 1. The zero-order chi connectivity index (χ0) is 16.2. The molecule has 3 heterocycles. The second-order valence-electron chi connectivity index (χ2n) is 5.39. The molecule has 122 valence electrons. The normalized spacial score (nSPS) is 20.9. The molecule has 0 spiro atoms. The summed E-state index contributed by atoms with van der Waals surface area (Å²) in [5.74, 6) is 0.270. The van der Waals surface area contributed by atoms with Crippen molar-refractivity contribution < 1.29 is 14.3 Å². The molecular weight excluding hydrogens is 300 g/mol. The van der Waals surface area contributed by atoms with Crippen LogP contribution in [0, 0.1) is 6.92 Å². The Kier molecular flexibility index (Phi) is 4.42. The van der Waals surface area contributed by atoms with Crippen LogP contribution in [0.1, 0.15) is 22.6 Å². The Morgan fingerprint density at radius 1 is 1.48 bits per heavy atom. The maximum Gasteiger partial charge on any atom is 0.323 e. The van der Waals surface area contributed by atoms with Gasteiger partial charge in [0.2, 0.25) is 0 Å². The van der Waals surface area contributed by atoms with Crippen molar-refractivity contribution in [2.45, 2.75) is 25.5 Å². The number of aryl methyl sites for hydroxylation is 1. The summed E-state index contributed by atoms with van der Waals surface area (Å²) in [6.45, 7) is 2.82. The number of aromatic nitrogens is 3. The van der Waals surface area contributed by atoms with Crippen molar-refractivity contribution >= 4 is 5.91 Å². The van der Waals surface area contributed by atoms with Crippen LogP contribution in [0.15, 0.2) is 29.3 Å². The lowest BCUT2D eigenvalue weighted by atomic mass is 10.1. The Hall–Kier alpha value is -2.61. The van der Waals surface area contributed by atoms with Gasteiger partial charge >= 0.3 is 5.69 Å². The summed E-state index contributed by atoms with van der Waals surface area (Å²) >= 11 is 0. The highest BCUT2D eigenvalue weighted by Crippen LogP contribution is 2.17. The molecule has 2 aromatic heterocycles. The lowest BCUT2D eigenvalue weighted by Crippen LogP contribution is -2.51. The first-order valence-electron chi connectivity index (χ1n) is 7.37. The lowest BCUT2D eigenvalue weighted by Gasteiger charge is -2.32. The van der Waals surface area contributed by atoms with Crippen molar-refractivity contribution in [3.05, 3.63) is 46.4 Å². The molecule has 2 aromatic rings. The van der Waals surface area contributed by atoms with Gasteiger partial charge in [-0.05, 0) is 25.5 Å². The molecular formula is C15H18N4O4. The zero-order valence-corrected chi connectivity index (χ0v) is 12.7. The minimum atomic E-state index is -0.416. The van der Waals surface area contributed by atoms with Gasteiger partial charge in [-0.25, -0.2) is 4.79 Å². The Bertz CT molecular complexity index is 722. The van der Waals surface area contributed by atoms with Crippen molar-refractivity contribution in [3.63, 3.8) is 0 Å². The first-order chi connectivity index (χ1) is 11.1. The van der Waals surface area contributed by atoms with Gasteiger partial charge in [-0.1, -0.05) is 0 Å². The van der Waals surface area contributed by atoms with E-state index in [2.05, 4.69) is 20.3 Å². The fourth-order valence-corrected chi connectivity index (χ4v) is 2.39. The van der Waals surface area contributed by atoms with Crippen LogP contribution in [0.4, 0.5) is 0 Å². The molecule has 0 aliphatic carbocycles. The topological polar surface area (TPSA) is 109 Å². The van der Waals surface area contributed by atoms with E-state index in [1.165, 1.54) is 6.20 Å². The average molecular weight is 318 g/mol. The Morgan fingerprint density at radius 3 is 3.04 bits per heavy atom.